The van der Waals surface area contributed by atoms with Gasteiger partial charge in [-0.1, -0.05) is 6.07 Å². The minimum absolute atomic E-state index is 0.547. The molecule has 5 heteroatoms. The van der Waals surface area contributed by atoms with Crippen LogP contribution < -0.4 is 5.73 Å². The molecule has 3 rings (SSSR count). The third-order valence-corrected chi connectivity index (χ3v) is 3.52. The fraction of sp³-hybridized carbons (Fsp3) is 0.0769. The predicted molar refractivity (Wildman–Crippen MR) is 73.3 cm³/mol. The highest BCUT2D eigenvalue weighted by Gasteiger charge is 2.07. The van der Waals surface area contributed by atoms with Gasteiger partial charge in [0.15, 0.2) is 0 Å². The third kappa shape index (κ3) is 2.12. The van der Waals surface area contributed by atoms with E-state index in [-0.39, 0.29) is 0 Å². The first kappa shape index (κ1) is 11.0. The van der Waals surface area contributed by atoms with Crippen molar-refractivity contribution >= 4 is 17.2 Å². The molecule has 18 heavy (non-hydrogen) atoms. The van der Waals surface area contributed by atoms with E-state index in [1.54, 1.807) is 17.5 Å². The number of imidazole rings is 1. The van der Waals surface area contributed by atoms with E-state index in [1.165, 1.54) is 4.88 Å². The van der Waals surface area contributed by atoms with Crippen LogP contribution in [0.15, 0.2) is 48.2 Å². The van der Waals surface area contributed by atoms with Crippen LogP contribution in [0.5, 0.6) is 0 Å². The molecule has 3 aromatic heterocycles. The van der Waals surface area contributed by atoms with Crippen molar-refractivity contribution < 1.29 is 0 Å². The lowest BCUT2D eigenvalue weighted by Gasteiger charge is -2.07. The smallest absolute Gasteiger partial charge is 0.150 e. The van der Waals surface area contributed by atoms with Crippen LogP contribution >= 0.6 is 11.3 Å². The predicted octanol–water partition coefficient (Wildman–Crippen LogP) is 2.64. The van der Waals surface area contributed by atoms with Crippen LogP contribution in [0.3, 0.4) is 0 Å². The van der Waals surface area contributed by atoms with Crippen molar-refractivity contribution in [3.05, 3.63) is 53.8 Å². The summed E-state index contributed by atoms with van der Waals surface area (Å²) in [5.74, 6) is 1.53. The highest BCUT2D eigenvalue weighted by molar-refractivity contribution is 7.13. The van der Waals surface area contributed by atoms with Gasteiger partial charge in [-0.25, -0.2) is 9.97 Å². The second kappa shape index (κ2) is 4.62. The van der Waals surface area contributed by atoms with Crippen LogP contribution in [0, 0.1) is 0 Å². The van der Waals surface area contributed by atoms with Gasteiger partial charge in [-0.15, -0.1) is 11.3 Å². The van der Waals surface area contributed by atoms with Crippen molar-refractivity contribution in [3.8, 4) is 10.7 Å². The number of thiophene rings is 1. The molecule has 2 N–H and O–H groups in total. The van der Waals surface area contributed by atoms with Crippen LogP contribution in [0.4, 0.5) is 5.82 Å². The Morgan fingerprint density at radius 2 is 2.17 bits per heavy atom. The number of hydrogen-bond acceptors (Lipinski definition) is 4. The number of nitrogens with zero attached hydrogens (tertiary/aromatic N) is 3. The molecule has 0 aliphatic heterocycles. The van der Waals surface area contributed by atoms with Crippen LogP contribution in [0.2, 0.25) is 0 Å². The van der Waals surface area contributed by atoms with Crippen molar-refractivity contribution in [1.29, 1.82) is 0 Å². The maximum atomic E-state index is 5.69. The number of nitrogens with two attached hydrogens (primary N) is 1. The molecule has 0 amide bonds. The van der Waals surface area contributed by atoms with Gasteiger partial charge in [-0.05, 0) is 29.1 Å². The van der Waals surface area contributed by atoms with Crippen LogP contribution in [0.1, 0.15) is 5.56 Å². The van der Waals surface area contributed by atoms with Gasteiger partial charge in [-0.3, -0.25) is 0 Å². The van der Waals surface area contributed by atoms with Crippen LogP contribution in [-0.2, 0) is 6.54 Å². The van der Waals surface area contributed by atoms with E-state index in [0.717, 1.165) is 17.9 Å². The summed E-state index contributed by atoms with van der Waals surface area (Å²) in [6.07, 6.45) is 5.53. The molecule has 0 unspecified atom stereocenters. The molecule has 0 spiro atoms. The molecule has 0 radical (unpaired) electrons. The van der Waals surface area contributed by atoms with Gasteiger partial charge in [0, 0.05) is 25.1 Å². The molecule has 0 bridgehead atoms. The maximum Gasteiger partial charge on any atom is 0.150 e. The Morgan fingerprint density at radius 1 is 1.22 bits per heavy atom. The molecule has 0 atom stereocenters. The van der Waals surface area contributed by atoms with E-state index < -0.39 is 0 Å². The molecule has 0 saturated carbocycles. The first-order chi connectivity index (χ1) is 8.83. The van der Waals surface area contributed by atoms with E-state index in [4.69, 9.17) is 5.73 Å². The summed E-state index contributed by atoms with van der Waals surface area (Å²) in [7, 11) is 0. The van der Waals surface area contributed by atoms with Gasteiger partial charge in [0.2, 0.25) is 0 Å². The minimum Gasteiger partial charge on any atom is -0.384 e. The van der Waals surface area contributed by atoms with E-state index in [0.29, 0.717) is 5.82 Å². The topological polar surface area (TPSA) is 56.7 Å². The highest BCUT2D eigenvalue weighted by Crippen LogP contribution is 2.23. The highest BCUT2D eigenvalue weighted by atomic mass is 32.1. The normalized spacial score (nSPS) is 10.7. The minimum atomic E-state index is 0.547. The summed E-state index contributed by atoms with van der Waals surface area (Å²) in [5.41, 5.74) is 6.81. The van der Waals surface area contributed by atoms with Crippen molar-refractivity contribution in [1.82, 2.24) is 14.5 Å². The lowest BCUT2D eigenvalue weighted by atomic mass is 10.2. The number of hydrogen-bond donors (Lipinski definition) is 1. The first-order valence-electron chi connectivity index (χ1n) is 5.58. The summed E-state index contributed by atoms with van der Waals surface area (Å²) in [5, 5.41) is 2.05. The van der Waals surface area contributed by atoms with Gasteiger partial charge in [0.05, 0.1) is 4.88 Å². The molecule has 0 aliphatic rings. The zero-order valence-corrected chi connectivity index (χ0v) is 10.5. The second-order valence-corrected chi connectivity index (χ2v) is 4.89. The molecular weight excluding hydrogens is 244 g/mol. The maximum absolute atomic E-state index is 5.69. The monoisotopic (exact) mass is 256 g/mol. The van der Waals surface area contributed by atoms with Gasteiger partial charge in [0.1, 0.15) is 11.6 Å². The lowest BCUT2D eigenvalue weighted by Crippen LogP contribution is -2.01. The molecule has 0 fully saturated rings. The Labute approximate surface area is 109 Å². The first-order valence-corrected chi connectivity index (χ1v) is 6.46. The molecule has 0 aromatic carbocycles. The van der Waals surface area contributed by atoms with E-state index >= 15 is 0 Å². The molecule has 3 heterocycles. The van der Waals surface area contributed by atoms with Crippen LogP contribution in [-0.4, -0.2) is 14.5 Å². The summed E-state index contributed by atoms with van der Waals surface area (Å²) < 4.78 is 2.11. The number of pyridine rings is 1. The average molecular weight is 256 g/mol. The summed E-state index contributed by atoms with van der Waals surface area (Å²) in [6, 6.07) is 7.96. The Hall–Kier alpha value is -2.14. The average Bonchev–Trinajstić information content (AvgIpc) is 2.98. The molecule has 90 valence electrons. The third-order valence-electron chi connectivity index (χ3n) is 2.66. The van der Waals surface area contributed by atoms with Gasteiger partial charge in [0.25, 0.3) is 0 Å². The Balaban J connectivity index is 1.92. The second-order valence-electron chi connectivity index (χ2n) is 3.95. The van der Waals surface area contributed by atoms with Crippen molar-refractivity contribution in [3.63, 3.8) is 0 Å². The summed E-state index contributed by atoms with van der Waals surface area (Å²) in [4.78, 5) is 9.57. The van der Waals surface area contributed by atoms with Crippen molar-refractivity contribution in [2.45, 2.75) is 6.54 Å². The van der Waals surface area contributed by atoms with E-state index in [1.807, 2.05) is 30.6 Å². The number of aromatic nitrogens is 3. The molecule has 4 nitrogen and oxygen atoms in total. The van der Waals surface area contributed by atoms with Gasteiger partial charge >= 0.3 is 0 Å². The fourth-order valence-electron chi connectivity index (χ4n) is 1.86. The van der Waals surface area contributed by atoms with Crippen molar-refractivity contribution in [2.24, 2.45) is 0 Å². The van der Waals surface area contributed by atoms with Gasteiger partial charge < -0.3 is 10.3 Å². The summed E-state index contributed by atoms with van der Waals surface area (Å²) in [6.45, 7) is 0.750. The molecular formula is C13H12N4S. The van der Waals surface area contributed by atoms with Gasteiger partial charge in [-0.2, -0.15) is 0 Å². The molecule has 0 saturated heterocycles. The Kier molecular flexibility index (Phi) is 2.82. The molecule has 3 aromatic rings. The lowest BCUT2D eigenvalue weighted by molar-refractivity contribution is 0.807. The SMILES string of the molecule is Nc1cc(Cn2ccnc2-c2cccs2)ccn1. The Bertz CT molecular complexity index is 643. The number of rotatable bonds is 3. The van der Waals surface area contributed by atoms with E-state index in [9.17, 15) is 0 Å². The van der Waals surface area contributed by atoms with Crippen molar-refractivity contribution in [2.75, 3.05) is 5.73 Å². The summed E-state index contributed by atoms with van der Waals surface area (Å²) >= 11 is 1.69. The number of nitrogen functional groups attached to an aromatic ring is 1. The quantitative estimate of drug-likeness (QED) is 0.783. The largest absolute Gasteiger partial charge is 0.384 e. The molecule has 0 aliphatic carbocycles. The Morgan fingerprint density at radius 3 is 2.94 bits per heavy atom. The zero-order valence-electron chi connectivity index (χ0n) is 9.65. The number of anilines is 1. The fourth-order valence-corrected chi connectivity index (χ4v) is 2.59. The standard InChI is InChI=1S/C13H12N4S/c14-12-8-10(3-4-15-12)9-17-6-5-16-13(17)11-2-1-7-18-11/h1-8H,9H2,(H2,14,15). The van der Waals surface area contributed by atoms with Crippen LogP contribution in [0.25, 0.3) is 10.7 Å². The van der Waals surface area contributed by atoms with E-state index in [2.05, 4.69) is 26.0 Å². The zero-order chi connectivity index (χ0) is 12.4.